The molecule has 0 aliphatic heterocycles. The van der Waals surface area contributed by atoms with Crippen LogP contribution in [-0.4, -0.2) is 45.4 Å². The van der Waals surface area contributed by atoms with Gasteiger partial charge in [0.25, 0.3) is 0 Å². The molecule has 0 fully saturated rings. The Morgan fingerprint density at radius 1 is 1.18 bits per heavy atom. The molecular weight excluding hydrogens is 304 g/mol. The first kappa shape index (κ1) is 20.7. The maximum atomic E-state index is 11.9. The fraction of sp³-hybridized carbons (Fsp3) is 0.562. The number of amides is 1. The van der Waals surface area contributed by atoms with Gasteiger partial charge in [0.15, 0.2) is 0 Å². The molecule has 1 aromatic carbocycles. The molecule has 0 spiro atoms. The Balaban J connectivity index is 0.00000441. The number of benzene rings is 1. The highest BCUT2D eigenvalue weighted by Gasteiger charge is 2.09. The van der Waals surface area contributed by atoms with Crippen LogP contribution in [0.25, 0.3) is 0 Å². The number of carbonyl (C=O) groups excluding carboxylic acids is 1. The quantitative estimate of drug-likeness (QED) is 0.642. The number of ether oxygens (including phenoxy) is 2. The number of hydrogen-bond donors (Lipinski definition) is 2. The predicted octanol–water partition coefficient (Wildman–Crippen LogP) is 1.79. The molecule has 1 amide bonds. The molecule has 0 radical (unpaired) electrons. The molecule has 0 saturated carbocycles. The van der Waals surface area contributed by atoms with Crippen molar-refractivity contribution in [3.8, 4) is 5.75 Å². The van der Waals surface area contributed by atoms with Gasteiger partial charge in [-0.1, -0.05) is 18.2 Å². The van der Waals surface area contributed by atoms with Crippen LogP contribution in [0.15, 0.2) is 24.3 Å². The summed E-state index contributed by atoms with van der Waals surface area (Å²) in [5, 5.41) is 6.07. The van der Waals surface area contributed by atoms with Gasteiger partial charge in [-0.05, 0) is 19.9 Å². The Morgan fingerprint density at radius 3 is 2.59 bits per heavy atom. The lowest BCUT2D eigenvalue weighted by Gasteiger charge is -2.14. The summed E-state index contributed by atoms with van der Waals surface area (Å²) in [4.78, 5) is 11.9. The lowest BCUT2D eigenvalue weighted by molar-refractivity contribution is -0.120. The van der Waals surface area contributed by atoms with Crippen molar-refractivity contribution in [3.05, 3.63) is 29.8 Å². The summed E-state index contributed by atoms with van der Waals surface area (Å²) >= 11 is 0. The van der Waals surface area contributed by atoms with Crippen LogP contribution >= 0.6 is 12.4 Å². The number of hydrogen-bond acceptors (Lipinski definition) is 4. The molecule has 0 bridgehead atoms. The molecular formula is C16H27ClN2O3. The van der Waals surface area contributed by atoms with Gasteiger partial charge in [-0.2, -0.15) is 0 Å². The normalized spacial score (nSPS) is 10.2. The van der Waals surface area contributed by atoms with Crippen LogP contribution in [0, 0.1) is 0 Å². The number of carbonyl (C=O) groups is 1. The highest BCUT2D eigenvalue weighted by molar-refractivity contribution is 5.85. The van der Waals surface area contributed by atoms with E-state index in [2.05, 4.69) is 10.6 Å². The first-order valence-corrected chi connectivity index (χ1v) is 7.34. The third kappa shape index (κ3) is 8.87. The molecule has 0 aliphatic carbocycles. The van der Waals surface area contributed by atoms with E-state index in [1.54, 1.807) is 7.11 Å². The smallest absolute Gasteiger partial charge is 0.224 e. The number of halogens is 1. The van der Waals surface area contributed by atoms with E-state index >= 15 is 0 Å². The van der Waals surface area contributed by atoms with Crippen LogP contribution < -0.4 is 15.4 Å². The Bertz CT molecular complexity index is 428. The predicted molar refractivity (Wildman–Crippen MR) is 90.9 cm³/mol. The number of methoxy groups -OCH3 is 1. The van der Waals surface area contributed by atoms with Crippen LogP contribution in [0.1, 0.15) is 19.4 Å². The first-order chi connectivity index (χ1) is 10.1. The summed E-state index contributed by atoms with van der Waals surface area (Å²) in [6, 6.07) is 7.66. The van der Waals surface area contributed by atoms with Crippen molar-refractivity contribution in [2.45, 2.75) is 26.4 Å². The summed E-state index contributed by atoms with van der Waals surface area (Å²) in [6.07, 6.45) is 0.431. The van der Waals surface area contributed by atoms with Gasteiger partial charge in [0.1, 0.15) is 5.75 Å². The Hall–Kier alpha value is -1.30. The molecule has 0 aromatic heterocycles. The molecule has 22 heavy (non-hydrogen) atoms. The summed E-state index contributed by atoms with van der Waals surface area (Å²) in [5.41, 5.74) is 0.913. The van der Waals surface area contributed by atoms with Crippen molar-refractivity contribution in [2.75, 3.05) is 33.4 Å². The third-order valence-electron chi connectivity index (χ3n) is 2.79. The second-order valence-corrected chi connectivity index (χ2v) is 5.04. The number of nitrogens with one attached hydrogen (secondary N) is 2. The van der Waals surface area contributed by atoms with E-state index in [1.165, 1.54) is 0 Å². The molecule has 1 aromatic rings. The van der Waals surface area contributed by atoms with Crippen molar-refractivity contribution in [1.82, 2.24) is 10.6 Å². The average molecular weight is 331 g/mol. The van der Waals surface area contributed by atoms with Crippen molar-refractivity contribution >= 4 is 18.3 Å². The summed E-state index contributed by atoms with van der Waals surface area (Å²) in [5.74, 6) is 0.782. The van der Waals surface area contributed by atoms with E-state index in [1.807, 2.05) is 38.1 Å². The maximum absolute atomic E-state index is 11.9. The largest absolute Gasteiger partial charge is 0.491 e. The van der Waals surface area contributed by atoms with Crippen LogP contribution in [0.5, 0.6) is 5.75 Å². The van der Waals surface area contributed by atoms with Gasteiger partial charge in [-0.15, -0.1) is 12.4 Å². The standard InChI is InChI=1S/C16H26N2O3.ClH/c1-13(2)21-15-7-5-4-6-14(15)12-16(19)18-9-8-17-10-11-20-3;/h4-7,13,17H,8-12H2,1-3H3,(H,18,19);1H. The molecule has 0 aliphatic rings. The Labute approximate surface area is 139 Å². The van der Waals surface area contributed by atoms with Crippen molar-refractivity contribution < 1.29 is 14.3 Å². The van der Waals surface area contributed by atoms with Gasteiger partial charge in [0, 0.05) is 32.3 Å². The monoisotopic (exact) mass is 330 g/mol. The molecule has 1 rings (SSSR count). The SMILES string of the molecule is COCCNCCNC(=O)Cc1ccccc1OC(C)C.Cl. The lowest BCUT2D eigenvalue weighted by atomic mass is 10.1. The van der Waals surface area contributed by atoms with Gasteiger partial charge >= 0.3 is 0 Å². The van der Waals surface area contributed by atoms with Gasteiger partial charge < -0.3 is 20.1 Å². The molecule has 0 atom stereocenters. The van der Waals surface area contributed by atoms with Crippen LogP contribution in [0.4, 0.5) is 0 Å². The molecule has 2 N–H and O–H groups in total. The minimum absolute atomic E-state index is 0. The zero-order chi connectivity index (χ0) is 15.5. The molecule has 5 nitrogen and oxygen atoms in total. The van der Waals surface area contributed by atoms with Gasteiger partial charge in [0.2, 0.25) is 5.91 Å². The topological polar surface area (TPSA) is 59.6 Å². The third-order valence-corrected chi connectivity index (χ3v) is 2.79. The van der Waals surface area contributed by atoms with E-state index in [0.29, 0.717) is 19.6 Å². The number of para-hydroxylation sites is 1. The highest BCUT2D eigenvalue weighted by atomic mass is 35.5. The summed E-state index contributed by atoms with van der Waals surface area (Å²) in [6.45, 7) is 6.76. The van der Waals surface area contributed by atoms with E-state index in [0.717, 1.165) is 24.4 Å². The van der Waals surface area contributed by atoms with Crippen LogP contribution in [0.2, 0.25) is 0 Å². The van der Waals surface area contributed by atoms with E-state index in [4.69, 9.17) is 9.47 Å². The molecule has 0 saturated heterocycles. The van der Waals surface area contributed by atoms with Crippen LogP contribution in [-0.2, 0) is 16.0 Å². The number of rotatable bonds is 10. The fourth-order valence-electron chi connectivity index (χ4n) is 1.84. The van der Waals surface area contributed by atoms with Crippen molar-refractivity contribution in [1.29, 1.82) is 0 Å². The molecule has 6 heteroatoms. The minimum atomic E-state index is 0. The molecule has 126 valence electrons. The van der Waals surface area contributed by atoms with E-state index < -0.39 is 0 Å². The summed E-state index contributed by atoms with van der Waals surface area (Å²) in [7, 11) is 1.67. The average Bonchev–Trinajstić information content (AvgIpc) is 2.44. The maximum Gasteiger partial charge on any atom is 0.224 e. The summed E-state index contributed by atoms with van der Waals surface area (Å²) < 4.78 is 10.6. The Kier molecular flexibility index (Phi) is 11.5. The van der Waals surface area contributed by atoms with Gasteiger partial charge in [-0.3, -0.25) is 4.79 Å². The van der Waals surface area contributed by atoms with E-state index in [-0.39, 0.29) is 24.4 Å². The fourth-order valence-corrected chi connectivity index (χ4v) is 1.84. The van der Waals surface area contributed by atoms with E-state index in [9.17, 15) is 4.79 Å². The van der Waals surface area contributed by atoms with Crippen LogP contribution in [0.3, 0.4) is 0 Å². The lowest BCUT2D eigenvalue weighted by Crippen LogP contribution is -2.33. The zero-order valence-electron chi connectivity index (χ0n) is 13.6. The second-order valence-electron chi connectivity index (χ2n) is 5.04. The highest BCUT2D eigenvalue weighted by Crippen LogP contribution is 2.19. The van der Waals surface area contributed by atoms with Crippen molar-refractivity contribution in [2.24, 2.45) is 0 Å². The zero-order valence-corrected chi connectivity index (χ0v) is 14.4. The first-order valence-electron chi connectivity index (χ1n) is 7.34. The van der Waals surface area contributed by atoms with Gasteiger partial charge in [0.05, 0.1) is 19.1 Å². The van der Waals surface area contributed by atoms with Gasteiger partial charge in [-0.25, -0.2) is 0 Å². The molecule has 0 unspecified atom stereocenters. The minimum Gasteiger partial charge on any atom is -0.491 e. The molecule has 0 heterocycles. The van der Waals surface area contributed by atoms with Crippen molar-refractivity contribution in [3.63, 3.8) is 0 Å². The second kappa shape index (κ2) is 12.3. The Morgan fingerprint density at radius 2 is 1.91 bits per heavy atom.